The molecule has 1 aromatic heterocycles. The number of nitrogens with two attached hydrogens (primary N) is 1. The lowest BCUT2D eigenvalue weighted by molar-refractivity contribution is 0.0833. The standard InChI is InChI=1S/C13H13N3O2/c1-9-7-12(14)16(15-9)13(18)8-11(17)10-5-3-2-4-6-10/h2-7H,8,14H2,1H3. The summed E-state index contributed by atoms with van der Waals surface area (Å²) in [4.78, 5) is 23.7. The quantitative estimate of drug-likeness (QED) is 0.657. The number of carbonyl (C=O) groups excluding carboxylic acids is 2. The van der Waals surface area contributed by atoms with Crippen molar-refractivity contribution in [1.82, 2.24) is 9.78 Å². The van der Waals surface area contributed by atoms with E-state index in [-0.39, 0.29) is 18.0 Å². The average molecular weight is 243 g/mol. The second-order valence-electron chi connectivity index (χ2n) is 3.98. The summed E-state index contributed by atoms with van der Waals surface area (Å²) in [6, 6.07) is 10.3. The molecule has 5 heteroatoms. The number of rotatable bonds is 3. The minimum Gasteiger partial charge on any atom is -0.383 e. The van der Waals surface area contributed by atoms with E-state index in [2.05, 4.69) is 5.10 Å². The van der Waals surface area contributed by atoms with E-state index >= 15 is 0 Å². The van der Waals surface area contributed by atoms with Crippen LogP contribution in [-0.2, 0) is 0 Å². The Balaban J connectivity index is 2.13. The minimum absolute atomic E-state index is 0.241. The first-order chi connectivity index (χ1) is 8.58. The van der Waals surface area contributed by atoms with Crippen molar-refractivity contribution in [2.75, 3.05) is 5.73 Å². The van der Waals surface area contributed by atoms with Gasteiger partial charge in [-0.1, -0.05) is 30.3 Å². The lowest BCUT2D eigenvalue weighted by Crippen LogP contribution is -2.18. The number of hydrogen-bond acceptors (Lipinski definition) is 4. The number of hydrogen-bond donors (Lipinski definition) is 1. The fraction of sp³-hybridized carbons (Fsp3) is 0.154. The van der Waals surface area contributed by atoms with Crippen LogP contribution >= 0.6 is 0 Å². The van der Waals surface area contributed by atoms with Gasteiger partial charge in [-0.05, 0) is 6.92 Å². The minimum atomic E-state index is -0.422. The summed E-state index contributed by atoms with van der Waals surface area (Å²) in [5, 5.41) is 3.95. The lowest BCUT2D eigenvalue weighted by atomic mass is 10.1. The molecular weight excluding hydrogens is 230 g/mol. The van der Waals surface area contributed by atoms with Crippen LogP contribution in [0.4, 0.5) is 5.82 Å². The molecule has 0 amide bonds. The summed E-state index contributed by atoms with van der Waals surface area (Å²) in [6.07, 6.45) is -0.241. The van der Waals surface area contributed by atoms with Crippen molar-refractivity contribution >= 4 is 17.5 Å². The Morgan fingerprint density at radius 3 is 2.50 bits per heavy atom. The van der Waals surface area contributed by atoms with Gasteiger partial charge in [0, 0.05) is 11.6 Å². The first kappa shape index (κ1) is 12.0. The predicted molar refractivity (Wildman–Crippen MR) is 67.4 cm³/mol. The molecule has 2 aromatic rings. The summed E-state index contributed by atoms with van der Waals surface area (Å²) in [5.74, 6) is -0.416. The summed E-state index contributed by atoms with van der Waals surface area (Å²) in [5.41, 5.74) is 6.78. The van der Waals surface area contributed by atoms with Crippen LogP contribution in [0.3, 0.4) is 0 Å². The molecule has 0 atom stereocenters. The van der Waals surface area contributed by atoms with Gasteiger partial charge in [0.25, 0.3) is 5.91 Å². The zero-order valence-electron chi connectivity index (χ0n) is 9.96. The smallest absolute Gasteiger partial charge is 0.256 e. The van der Waals surface area contributed by atoms with Crippen molar-refractivity contribution in [2.24, 2.45) is 0 Å². The second kappa shape index (κ2) is 4.83. The largest absolute Gasteiger partial charge is 0.383 e. The Hall–Kier alpha value is -2.43. The van der Waals surface area contributed by atoms with E-state index in [1.165, 1.54) is 0 Å². The second-order valence-corrected chi connectivity index (χ2v) is 3.98. The molecule has 0 radical (unpaired) electrons. The van der Waals surface area contributed by atoms with Crippen molar-refractivity contribution in [3.05, 3.63) is 47.7 Å². The van der Waals surface area contributed by atoms with Gasteiger partial charge in [0.1, 0.15) is 5.82 Å². The predicted octanol–water partition coefficient (Wildman–Crippen LogP) is 1.69. The van der Waals surface area contributed by atoms with Gasteiger partial charge in [0.05, 0.1) is 12.1 Å². The monoisotopic (exact) mass is 243 g/mol. The zero-order valence-corrected chi connectivity index (χ0v) is 9.96. The van der Waals surface area contributed by atoms with Crippen LogP contribution in [0.1, 0.15) is 27.3 Å². The maximum Gasteiger partial charge on any atom is 0.256 e. The van der Waals surface area contributed by atoms with E-state index in [0.29, 0.717) is 11.3 Å². The lowest BCUT2D eigenvalue weighted by Gasteiger charge is -2.02. The highest BCUT2D eigenvalue weighted by Crippen LogP contribution is 2.09. The highest BCUT2D eigenvalue weighted by molar-refractivity contribution is 6.08. The Morgan fingerprint density at radius 2 is 1.94 bits per heavy atom. The third-order valence-corrected chi connectivity index (χ3v) is 2.50. The topological polar surface area (TPSA) is 78.0 Å². The van der Waals surface area contributed by atoms with Gasteiger partial charge in [0.15, 0.2) is 5.78 Å². The SMILES string of the molecule is Cc1cc(N)n(C(=O)CC(=O)c2ccccc2)n1. The van der Waals surface area contributed by atoms with Gasteiger partial charge in [-0.2, -0.15) is 9.78 Å². The highest BCUT2D eigenvalue weighted by atomic mass is 16.2. The van der Waals surface area contributed by atoms with Gasteiger partial charge >= 0.3 is 0 Å². The summed E-state index contributed by atoms with van der Waals surface area (Å²) in [6.45, 7) is 1.74. The number of aryl methyl sites for hydroxylation is 1. The fourth-order valence-electron chi connectivity index (χ4n) is 1.66. The maximum absolute atomic E-state index is 11.9. The highest BCUT2D eigenvalue weighted by Gasteiger charge is 2.16. The number of benzene rings is 1. The molecule has 0 aliphatic rings. The molecule has 5 nitrogen and oxygen atoms in total. The fourth-order valence-corrected chi connectivity index (χ4v) is 1.66. The molecule has 0 unspecified atom stereocenters. The normalized spacial score (nSPS) is 10.3. The van der Waals surface area contributed by atoms with Gasteiger partial charge in [0.2, 0.25) is 0 Å². The van der Waals surface area contributed by atoms with E-state index in [1.807, 2.05) is 6.07 Å². The Kier molecular flexibility index (Phi) is 3.23. The molecule has 92 valence electrons. The maximum atomic E-state index is 11.9. The summed E-state index contributed by atoms with van der Waals surface area (Å²) < 4.78 is 1.07. The zero-order chi connectivity index (χ0) is 13.1. The third kappa shape index (κ3) is 2.45. The molecule has 0 aliphatic carbocycles. The molecule has 0 saturated heterocycles. The van der Waals surface area contributed by atoms with Crippen molar-refractivity contribution < 1.29 is 9.59 Å². The van der Waals surface area contributed by atoms with E-state index < -0.39 is 5.91 Å². The number of Topliss-reactive ketones (excluding diaryl/α,β-unsaturated/α-hetero) is 1. The molecule has 1 aromatic carbocycles. The van der Waals surface area contributed by atoms with Crippen LogP contribution in [-0.4, -0.2) is 21.5 Å². The molecule has 0 spiro atoms. The third-order valence-electron chi connectivity index (χ3n) is 2.50. The summed E-state index contributed by atoms with van der Waals surface area (Å²) >= 11 is 0. The number of carbonyl (C=O) groups is 2. The molecule has 0 fully saturated rings. The molecule has 0 bridgehead atoms. The molecule has 2 N–H and O–H groups in total. The molecule has 18 heavy (non-hydrogen) atoms. The van der Waals surface area contributed by atoms with Crippen molar-refractivity contribution in [1.29, 1.82) is 0 Å². The average Bonchev–Trinajstić information content (AvgIpc) is 2.69. The Morgan fingerprint density at radius 1 is 1.28 bits per heavy atom. The van der Waals surface area contributed by atoms with E-state index in [0.717, 1.165) is 4.68 Å². The van der Waals surface area contributed by atoms with Crippen LogP contribution in [0.5, 0.6) is 0 Å². The van der Waals surface area contributed by atoms with Gasteiger partial charge in [-0.15, -0.1) is 0 Å². The van der Waals surface area contributed by atoms with E-state index in [4.69, 9.17) is 5.73 Å². The molecule has 0 saturated carbocycles. The molecular formula is C13H13N3O2. The molecule has 1 heterocycles. The first-order valence-corrected chi connectivity index (χ1v) is 5.51. The number of anilines is 1. The van der Waals surface area contributed by atoms with Crippen LogP contribution in [0.2, 0.25) is 0 Å². The Labute approximate surface area is 104 Å². The van der Waals surface area contributed by atoms with Crippen LogP contribution in [0.15, 0.2) is 36.4 Å². The summed E-state index contributed by atoms with van der Waals surface area (Å²) in [7, 11) is 0. The van der Waals surface area contributed by atoms with Gasteiger partial charge in [-0.3, -0.25) is 9.59 Å². The van der Waals surface area contributed by atoms with E-state index in [1.54, 1.807) is 37.3 Å². The van der Waals surface area contributed by atoms with E-state index in [9.17, 15) is 9.59 Å². The Bertz CT molecular complexity index is 588. The number of nitrogens with zero attached hydrogens (tertiary/aromatic N) is 2. The molecule has 2 rings (SSSR count). The van der Waals surface area contributed by atoms with Gasteiger partial charge in [-0.25, -0.2) is 0 Å². The van der Waals surface area contributed by atoms with Crippen LogP contribution in [0, 0.1) is 6.92 Å². The van der Waals surface area contributed by atoms with Crippen LogP contribution in [0.25, 0.3) is 0 Å². The first-order valence-electron chi connectivity index (χ1n) is 5.51. The van der Waals surface area contributed by atoms with Crippen molar-refractivity contribution in [3.63, 3.8) is 0 Å². The number of ketones is 1. The van der Waals surface area contributed by atoms with Crippen molar-refractivity contribution in [3.8, 4) is 0 Å². The van der Waals surface area contributed by atoms with Crippen molar-refractivity contribution in [2.45, 2.75) is 13.3 Å². The number of nitrogen functional groups attached to an aromatic ring is 1. The van der Waals surface area contributed by atoms with Crippen LogP contribution < -0.4 is 5.73 Å². The molecule has 0 aliphatic heterocycles. The van der Waals surface area contributed by atoms with Gasteiger partial charge < -0.3 is 5.73 Å². The number of aromatic nitrogens is 2.